The maximum absolute atomic E-state index is 9.60. The molecule has 0 spiro atoms. The van der Waals surface area contributed by atoms with Crippen LogP contribution in [0.4, 0.5) is 0 Å². The van der Waals surface area contributed by atoms with Gasteiger partial charge in [0, 0.05) is 10.9 Å². The molecule has 0 radical (unpaired) electrons. The van der Waals surface area contributed by atoms with E-state index in [9.17, 15) is 5.11 Å². The SMILES string of the molecule is CC(C)Oc1ccc([C@H](N)O)c2cc(C(=N)N)sc12. The minimum atomic E-state index is -1.06. The summed E-state index contributed by atoms with van der Waals surface area (Å²) in [7, 11) is 0. The van der Waals surface area contributed by atoms with Crippen LogP contribution in [0.25, 0.3) is 10.1 Å². The second-order valence-electron chi connectivity index (χ2n) is 4.53. The largest absolute Gasteiger partial charge is 0.490 e. The summed E-state index contributed by atoms with van der Waals surface area (Å²) < 4.78 is 6.58. The second kappa shape index (κ2) is 5.16. The van der Waals surface area contributed by atoms with Gasteiger partial charge in [-0.05, 0) is 26.0 Å². The molecule has 0 aliphatic rings. The molecule has 6 heteroatoms. The highest BCUT2D eigenvalue weighted by Crippen LogP contribution is 2.37. The van der Waals surface area contributed by atoms with Crippen molar-refractivity contribution in [2.45, 2.75) is 26.2 Å². The number of hydrogen-bond acceptors (Lipinski definition) is 5. The van der Waals surface area contributed by atoms with Gasteiger partial charge in [-0.3, -0.25) is 5.41 Å². The zero-order valence-corrected chi connectivity index (χ0v) is 11.6. The summed E-state index contributed by atoms with van der Waals surface area (Å²) in [5.41, 5.74) is 11.7. The average molecular weight is 279 g/mol. The fourth-order valence-electron chi connectivity index (χ4n) is 1.86. The molecular weight excluding hydrogens is 262 g/mol. The minimum absolute atomic E-state index is 0.00541. The van der Waals surface area contributed by atoms with Gasteiger partial charge in [-0.15, -0.1) is 11.3 Å². The first-order chi connectivity index (χ1) is 8.90. The summed E-state index contributed by atoms with van der Waals surface area (Å²) in [4.78, 5) is 0.636. The Morgan fingerprint density at radius 2 is 2.11 bits per heavy atom. The molecule has 19 heavy (non-hydrogen) atoms. The number of rotatable bonds is 4. The third-order valence-corrected chi connectivity index (χ3v) is 3.81. The van der Waals surface area contributed by atoms with E-state index in [0.717, 1.165) is 10.1 Å². The molecule has 0 unspecified atom stereocenters. The predicted octanol–water partition coefficient (Wildman–Crippen LogP) is 1.92. The predicted molar refractivity (Wildman–Crippen MR) is 77.8 cm³/mol. The minimum Gasteiger partial charge on any atom is -0.490 e. The molecule has 6 N–H and O–H groups in total. The fourth-order valence-corrected chi connectivity index (χ4v) is 2.87. The topological polar surface area (TPSA) is 105 Å². The van der Waals surface area contributed by atoms with Crippen LogP contribution in [0, 0.1) is 5.41 Å². The Balaban J connectivity index is 2.67. The molecule has 1 aromatic heterocycles. The highest BCUT2D eigenvalue weighted by Gasteiger charge is 2.16. The molecule has 0 saturated carbocycles. The van der Waals surface area contributed by atoms with Crippen molar-refractivity contribution in [2.24, 2.45) is 11.5 Å². The van der Waals surface area contributed by atoms with Crippen molar-refractivity contribution >= 4 is 27.3 Å². The van der Waals surface area contributed by atoms with Gasteiger partial charge < -0.3 is 21.3 Å². The normalized spacial score (nSPS) is 12.9. The summed E-state index contributed by atoms with van der Waals surface area (Å²) in [6.45, 7) is 3.88. The molecule has 0 bridgehead atoms. The average Bonchev–Trinajstić information content (AvgIpc) is 2.73. The van der Waals surface area contributed by atoms with Crippen molar-refractivity contribution < 1.29 is 9.84 Å². The summed E-state index contributed by atoms with van der Waals surface area (Å²) in [6, 6.07) is 5.29. The molecule has 0 amide bonds. The van der Waals surface area contributed by atoms with Crippen molar-refractivity contribution in [3.05, 3.63) is 28.6 Å². The third kappa shape index (κ3) is 2.70. The van der Waals surface area contributed by atoms with E-state index < -0.39 is 6.23 Å². The highest BCUT2D eigenvalue weighted by molar-refractivity contribution is 7.21. The van der Waals surface area contributed by atoms with E-state index in [0.29, 0.717) is 16.2 Å². The summed E-state index contributed by atoms with van der Waals surface area (Å²) in [6.07, 6.45) is -1.02. The van der Waals surface area contributed by atoms with Gasteiger partial charge in [0.2, 0.25) is 0 Å². The molecule has 0 fully saturated rings. The lowest BCUT2D eigenvalue weighted by Gasteiger charge is -2.13. The van der Waals surface area contributed by atoms with Crippen LogP contribution in [0.5, 0.6) is 5.75 Å². The number of nitrogen functional groups attached to an aromatic ring is 1. The number of fused-ring (bicyclic) bond motifs is 1. The summed E-state index contributed by atoms with van der Waals surface area (Å²) in [5, 5.41) is 17.9. The first-order valence-electron chi connectivity index (χ1n) is 5.91. The van der Waals surface area contributed by atoms with Crippen LogP contribution < -0.4 is 16.2 Å². The zero-order chi connectivity index (χ0) is 14.2. The number of nitrogens with two attached hydrogens (primary N) is 2. The van der Waals surface area contributed by atoms with Crippen LogP contribution in [-0.4, -0.2) is 17.0 Å². The van der Waals surface area contributed by atoms with Gasteiger partial charge in [0.05, 0.1) is 15.7 Å². The molecular formula is C13H17N3O2S. The molecule has 2 rings (SSSR count). The first kappa shape index (κ1) is 13.8. The monoisotopic (exact) mass is 279 g/mol. The fraction of sp³-hybridized carbons (Fsp3) is 0.308. The Bertz CT molecular complexity index is 620. The lowest BCUT2D eigenvalue weighted by Crippen LogP contribution is -2.10. The lowest BCUT2D eigenvalue weighted by molar-refractivity contribution is 0.187. The van der Waals surface area contributed by atoms with Crippen molar-refractivity contribution in [3.8, 4) is 5.75 Å². The van der Waals surface area contributed by atoms with Crippen LogP contribution in [-0.2, 0) is 0 Å². The van der Waals surface area contributed by atoms with Gasteiger partial charge in [0.15, 0.2) is 0 Å². The molecule has 1 aromatic carbocycles. The van der Waals surface area contributed by atoms with E-state index in [1.165, 1.54) is 11.3 Å². The Hall–Kier alpha value is -1.63. The Morgan fingerprint density at radius 1 is 1.42 bits per heavy atom. The standard InChI is InChI=1S/C13H17N3O2S/c1-6(2)18-9-4-3-7(13(16)17)8-5-10(12(14)15)19-11(8)9/h3-6,13,17H,16H2,1-2H3,(H3,14,15)/t13-/m1/s1. The van der Waals surface area contributed by atoms with Gasteiger partial charge in [-0.2, -0.15) is 0 Å². The second-order valence-corrected chi connectivity index (χ2v) is 5.58. The molecule has 102 valence electrons. The molecule has 0 aliphatic heterocycles. The van der Waals surface area contributed by atoms with Crippen molar-refractivity contribution in [1.82, 2.24) is 0 Å². The maximum atomic E-state index is 9.60. The lowest BCUT2D eigenvalue weighted by atomic mass is 10.1. The van der Waals surface area contributed by atoms with Crippen LogP contribution in [0.3, 0.4) is 0 Å². The maximum Gasteiger partial charge on any atom is 0.137 e. The van der Waals surface area contributed by atoms with Gasteiger partial charge in [-0.25, -0.2) is 0 Å². The van der Waals surface area contributed by atoms with E-state index in [1.807, 2.05) is 13.8 Å². The molecule has 1 atom stereocenters. The van der Waals surface area contributed by atoms with E-state index in [4.69, 9.17) is 21.6 Å². The number of hydrogen-bond donors (Lipinski definition) is 4. The van der Waals surface area contributed by atoms with E-state index in [1.54, 1.807) is 18.2 Å². The van der Waals surface area contributed by atoms with E-state index in [2.05, 4.69) is 0 Å². The van der Waals surface area contributed by atoms with Gasteiger partial charge in [0.25, 0.3) is 0 Å². The number of aliphatic hydroxyl groups excluding tert-OH is 1. The smallest absolute Gasteiger partial charge is 0.137 e. The first-order valence-corrected chi connectivity index (χ1v) is 6.73. The summed E-state index contributed by atoms with van der Waals surface area (Å²) in [5.74, 6) is 0.709. The molecule has 1 heterocycles. The Labute approximate surface area is 115 Å². The van der Waals surface area contributed by atoms with Crippen molar-refractivity contribution in [1.29, 1.82) is 5.41 Å². The van der Waals surface area contributed by atoms with Crippen LogP contribution >= 0.6 is 11.3 Å². The van der Waals surface area contributed by atoms with Crippen LogP contribution in [0.15, 0.2) is 18.2 Å². The van der Waals surface area contributed by atoms with Crippen molar-refractivity contribution in [3.63, 3.8) is 0 Å². The van der Waals surface area contributed by atoms with Gasteiger partial charge in [0.1, 0.15) is 17.8 Å². The summed E-state index contributed by atoms with van der Waals surface area (Å²) >= 11 is 1.36. The Morgan fingerprint density at radius 3 is 2.63 bits per heavy atom. The number of amidine groups is 1. The molecule has 2 aromatic rings. The number of ether oxygens (including phenoxy) is 1. The molecule has 0 saturated heterocycles. The van der Waals surface area contributed by atoms with E-state index in [-0.39, 0.29) is 11.9 Å². The van der Waals surface area contributed by atoms with E-state index >= 15 is 0 Å². The molecule has 0 aliphatic carbocycles. The number of thiophene rings is 1. The molecule has 5 nitrogen and oxygen atoms in total. The number of nitrogens with one attached hydrogen (secondary N) is 1. The quantitative estimate of drug-likeness (QED) is 0.390. The number of aliphatic hydroxyl groups is 1. The van der Waals surface area contributed by atoms with Crippen LogP contribution in [0.1, 0.15) is 30.5 Å². The van der Waals surface area contributed by atoms with Crippen molar-refractivity contribution in [2.75, 3.05) is 0 Å². The van der Waals surface area contributed by atoms with Gasteiger partial charge >= 0.3 is 0 Å². The van der Waals surface area contributed by atoms with Gasteiger partial charge in [-0.1, -0.05) is 6.07 Å². The Kier molecular flexibility index (Phi) is 3.75. The number of benzene rings is 1. The highest BCUT2D eigenvalue weighted by atomic mass is 32.1. The third-order valence-electron chi connectivity index (χ3n) is 2.63. The zero-order valence-electron chi connectivity index (χ0n) is 10.8. The van der Waals surface area contributed by atoms with Crippen LogP contribution in [0.2, 0.25) is 0 Å².